The van der Waals surface area contributed by atoms with Gasteiger partial charge >= 0.3 is 0 Å². The third-order valence-corrected chi connectivity index (χ3v) is 2.39. The summed E-state index contributed by atoms with van der Waals surface area (Å²) in [5, 5.41) is 9.70. The first kappa shape index (κ1) is 11.7. The van der Waals surface area contributed by atoms with Gasteiger partial charge in [0.25, 0.3) is 0 Å². The highest BCUT2D eigenvalue weighted by atomic mass is 19.1. The zero-order chi connectivity index (χ0) is 12.4. The van der Waals surface area contributed by atoms with Crippen molar-refractivity contribution < 1.29 is 22.7 Å². The summed E-state index contributed by atoms with van der Waals surface area (Å²) >= 11 is 0. The molecule has 0 aliphatic heterocycles. The summed E-state index contributed by atoms with van der Waals surface area (Å²) in [5.41, 5.74) is 0.0632. The number of benzene rings is 1. The Bertz CT molecular complexity index is 485. The number of hydrogen-bond donors (Lipinski definition) is 1. The van der Waals surface area contributed by atoms with E-state index in [-0.39, 0.29) is 6.42 Å². The molecule has 0 aliphatic carbocycles. The van der Waals surface area contributed by atoms with Gasteiger partial charge < -0.3 is 9.52 Å². The molecule has 1 heterocycles. The number of rotatable bonds is 3. The Morgan fingerprint density at radius 1 is 1.18 bits per heavy atom. The number of aliphatic hydroxyl groups is 1. The average Bonchev–Trinajstić information content (AvgIpc) is 2.68. The van der Waals surface area contributed by atoms with E-state index < -0.39 is 29.1 Å². The second kappa shape index (κ2) is 4.63. The lowest BCUT2D eigenvalue weighted by atomic mass is 10.0. The molecule has 1 atom stereocenters. The molecule has 0 aliphatic rings. The summed E-state index contributed by atoms with van der Waals surface area (Å²) in [5.74, 6) is -3.21. The van der Waals surface area contributed by atoms with Gasteiger partial charge in [-0.1, -0.05) is 0 Å². The van der Waals surface area contributed by atoms with Gasteiger partial charge in [-0.3, -0.25) is 0 Å². The number of furan rings is 1. The molecule has 1 N–H and O–H groups in total. The summed E-state index contributed by atoms with van der Waals surface area (Å²) in [6.45, 7) is 0. The molecule has 90 valence electrons. The molecule has 0 radical (unpaired) electrons. The number of halogens is 3. The van der Waals surface area contributed by atoms with Crippen molar-refractivity contribution >= 4 is 0 Å². The Morgan fingerprint density at radius 3 is 2.35 bits per heavy atom. The third kappa shape index (κ3) is 2.50. The van der Waals surface area contributed by atoms with Gasteiger partial charge in [0.15, 0.2) is 0 Å². The van der Waals surface area contributed by atoms with Gasteiger partial charge in [0.2, 0.25) is 0 Å². The molecule has 0 bridgehead atoms. The van der Waals surface area contributed by atoms with Crippen LogP contribution in [0.1, 0.15) is 17.2 Å². The van der Waals surface area contributed by atoms with Gasteiger partial charge in [0, 0.05) is 18.6 Å². The van der Waals surface area contributed by atoms with Crippen LogP contribution in [0.3, 0.4) is 0 Å². The van der Waals surface area contributed by atoms with Gasteiger partial charge in [-0.05, 0) is 11.6 Å². The predicted octanol–water partition coefficient (Wildman–Crippen LogP) is 2.97. The van der Waals surface area contributed by atoms with Crippen molar-refractivity contribution in [3.8, 4) is 0 Å². The maximum atomic E-state index is 13.3. The molecule has 0 amide bonds. The highest BCUT2D eigenvalue weighted by Gasteiger charge is 2.20. The second-order valence-corrected chi connectivity index (χ2v) is 3.63. The van der Waals surface area contributed by atoms with E-state index in [4.69, 9.17) is 4.42 Å². The fourth-order valence-electron chi connectivity index (χ4n) is 1.61. The molecule has 1 aromatic carbocycles. The monoisotopic (exact) mass is 242 g/mol. The highest BCUT2D eigenvalue weighted by Crippen LogP contribution is 2.25. The Kier molecular flexibility index (Phi) is 3.19. The predicted molar refractivity (Wildman–Crippen MR) is 53.7 cm³/mol. The van der Waals surface area contributed by atoms with Crippen LogP contribution in [0.2, 0.25) is 0 Å². The van der Waals surface area contributed by atoms with Crippen molar-refractivity contribution in [2.24, 2.45) is 0 Å². The van der Waals surface area contributed by atoms with E-state index >= 15 is 0 Å². The summed E-state index contributed by atoms with van der Waals surface area (Å²) in [6.07, 6.45) is 1.37. The number of hydrogen-bond acceptors (Lipinski definition) is 2. The van der Waals surface area contributed by atoms with Crippen LogP contribution in [0.25, 0.3) is 0 Å². The van der Waals surface area contributed by atoms with E-state index in [2.05, 4.69) is 0 Å². The van der Waals surface area contributed by atoms with Gasteiger partial charge in [-0.2, -0.15) is 0 Å². The zero-order valence-electron chi connectivity index (χ0n) is 8.66. The summed E-state index contributed by atoms with van der Waals surface area (Å²) in [4.78, 5) is 0. The SMILES string of the molecule is OC(Cc1ccoc1)c1c(F)cc(F)cc1F. The first-order valence-corrected chi connectivity index (χ1v) is 4.91. The van der Waals surface area contributed by atoms with Crippen LogP contribution in [0.4, 0.5) is 13.2 Å². The highest BCUT2D eigenvalue weighted by molar-refractivity contribution is 5.24. The van der Waals surface area contributed by atoms with Gasteiger partial charge in [0.05, 0.1) is 24.2 Å². The Morgan fingerprint density at radius 2 is 1.82 bits per heavy atom. The van der Waals surface area contributed by atoms with Gasteiger partial charge in [-0.25, -0.2) is 13.2 Å². The van der Waals surface area contributed by atoms with Gasteiger partial charge in [-0.15, -0.1) is 0 Å². The van der Waals surface area contributed by atoms with Crippen molar-refractivity contribution in [2.45, 2.75) is 12.5 Å². The lowest BCUT2D eigenvalue weighted by Crippen LogP contribution is -2.07. The molecule has 0 saturated heterocycles. The normalized spacial score (nSPS) is 12.7. The second-order valence-electron chi connectivity index (χ2n) is 3.63. The van der Waals surface area contributed by atoms with Crippen LogP contribution in [0, 0.1) is 17.5 Å². The lowest BCUT2D eigenvalue weighted by molar-refractivity contribution is 0.168. The smallest absolute Gasteiger partial charge is 0.134 e. The largest absolute Gasteiger partial charge is 0.472 e. The van der Waals surface area contributed by atoms with Crippen LogP contribution in [-0.2, 0) is 6.42 Å². The van der Waals surface area contributed by atoms with Crippen LogP contribution < -0.4 is 0 Å². The van der Waals surface area contributed by atoms with E-state index in [1.807, 2.05) is 0 Å². The molecule has 2 nitrogen and oxygen atoms in total. The minimum atomic E-state index is -1.38. The molecule has 2 aromatic rings. The molecule has 5 heteroatoms. The zero-order valence-corrected chi connectivity index (χ0v) is 8.66. The average molecular weight is 242 g/mol. The molecule has 17 heavy (non-hydrogen) atoms. The van der Waals surface area contributed by atoms with Gasteiger partial charge in [0.1, 0.15) is 17.5 Å². The lowest BCUT2D eigenvalue weighted by Gasteiger charge is -2.11. The first-order valence-electron chi connectivity index (χ1n) is 4.91. The molecule has 1 aromatic heterocycles. The molecular formula is C12H9F3O2. The number of aliphatic hydroxyl groups excluding tert-OH is 1. The van der Waals surface area contributed by atoms with Crippen molar-refractivity contribution in [2.75, 3.05) is 0 Å². The standard InChI is InChI=1S/C12H9F3O2/c13-8-4-9(14)12(10(15)5-8)11(16)3-7-1-2-17-6-7/h1-2,4-6,11,16H,3H2. The van der Waals surface area contributed by atoms with Crippen molar-refractivity contribution in [1.29, 1.82) is 0 Å². The van der Waals surface area contributed by atoms with E-state index in [0.717, 1.165) is 0 Å². The maximum Gasteiger partial charge on any atom is 0.134 e. The summed E-state index contributed by atoms with van der Waals surface area (Å²) in [7, 11) is 0. The van der Waals surface area contributed by atoms with Crippen molar-refractivity contribution in [3.63, 3.8) is 0 Å². The van der Waals surface area contributed by atoms with Crippen molar-refractivity contribution in [3.05, 3.63) is 59.3 Å². The van der Waals surface area contributed by atoms with E-state index in [1.165, 1.54) is 12.5 Å². The molecule has 0 spiro atoms. The Hall–Kier alpha value is -1.75. The van der Waals surface area contributed by atoms with E-state index in [1.54, 1.807) is 6.07 Å². The molecule has 1 unspecified atom stereocenters. The molecule has 2 rings (SSSR count). The third-order valence-electron chi connectivity index (χ3n) is 2.39. The first-order chi connectivity index (χ1) is 8.08. The minimum absolute atomic E-state index is 0.00400. The van der Waals surface area contributed by atoms with E-state index in [9.17, 15) is 18.3 Å². The topological polar surface area (TPSA) is 33.4 Å². The summed E-state index contributed by atoms with van der Waals surface area (Å²) < 4.78 is 44.1. The molecule has 0 fully saturated rings. The van der Waals surface area contributed by atoms with Crippen molar-refractivity contribution in [1.82, 2.24) is 0 Å². The fraction of sp³-hybridized carbons (Fsp3) is 0.167. The molecular weight excluding hydrogens is 233 g/mol. The van der Waals surface area contributed by atoms with Crippen LogP contribution in [0.5, 0.6) is 0 Å². The minimum Gasteiger partial charge on any atom is -0.472 e. The quantitative estimate of drug-likeness (QED) is 0.897. The van der Waals surface area contributed by atoms with Crippen LogP contribution in [-0.4, -0.2) is 5.11 Å². The Balaban J connectivity index is 2.27. The molecule has 0 saturated carbocycles. The van der Waals surface area contributed by atoms with Crippen LogP contribution >= 0.6 is 0 Å². The Labute approximate surface area is 95.3 Å². The van der Waals surface area contributed by atoms with Crippen LogP contribution in [0.15, 0.2) is 35.1 Å². The fourth-order valence-corrected chi connectivity index (χ4v) is 1.61. The maximum absolute atomic E-state index is 13.3. The summed E-state index contributed by atoms with van der Waals surface area (Å²) in [6, 6.07) is 2.65. The van der Waals surface area contributed by atoms with E-state index in [0.29, 0.717) is 17.7 Å².